The van der Waals surface area contributed by atoms with Crippen molar-refractivity contribution < 1.29 is 14.4 Å². The van der Waals surface area contributed by atoms with E-state index >= 15 is 0 Å². The monoisotopic (exact) mass is 549 g/mol. The number of fused-ring (bicyclic) bond motifs is 5. The number of halogens is 2. The molecular weight excluding hydrogens is 529 g/mol. The molecule has 6 heteroatoms. The summed E-state index contributed by atoms with van der Waals surface area (Å²) in [6.45, 7) is 0. The zero-order valence-corrected chi connectivity index (χ0v) is 22.1. The number of hydrogen-bond acceptors (Lipinski definition) is 4. The number of anilines is 1. The Labute approximate surface area is 235 Å². The molecule has 0 aromatic heterocycles. The standard InChI is InChI=1S/C33H21Cl2NO3/c34-21-15-16-26-20(18-21)14-17-27-33(31(38)22-10-4-5-11-23(22)32(33)39)28(24-12-6-7-13-25(24)35)29(36(26)27)30(37)19-8-2-1-3-9-19/h1-18,27-29H/t27-,28+,29-/m1/s1. The van der Waals surface area contributed by atoms with E-state index < -0.39 is 23.4 Å². The maximum absolute atomic E-state index is 14.6. The van der Waals surface area contributed by atoms with E-state index in [2.05, 4.69) is 0 Å². The zero-order chi connectivity index (χ0) is 26.9. The van der Waals surface area contributed by atoms with Crippen LogP contribution in [-0.4, -0.2) is 29.4 Å². The highest BCUT2D eigenvalue weighted by atomic mass is 35.5. The number of carbonyl (C=O) groups excluding carboxylic acids is 3. The molecule has 0 N–H and O–H groups in total. The lowest BCUT2D eigenvalue weighted by molar-refractivity contribution is 0.0666. The number of rotatable bonds is 3. The Kier molecular flexibility index (Phi) is 5.41. The Balaban J connectivity index is 1.57. The zero-order valence-electron chi connectivity index (χ0n) is 20.6. The molecule has 4 aromatic rings. The number of ketones is 3. The highest BCUT2D eigenvalue weighted by Gasteiger charge is 2.71. The second-order valence-electron chi connectivity index (χ2n) is 10.2. The summed E-state index contributed by atoms with van der Waals surface area (Å²) in [4.78, 5) is 45.7. The fourth-order valence-corrected chi connectivity index (χ4v) is 7.23. The predicted octanol–water partition coefficient (Wildman–Crippen LogP) is 7.31. The van der Waals surface area contributed by atoms with Crippen LogP contribution in [0.4, 0.5) is 5.69 Å². The molecule has 2 aliphatic heterocycles. The minimum absolute atomic E-state index is 0.185. The summed E-state index contributed by atoms with van der Waals surface area (Å²) in [6.07, 6.45) is 3.77. The maximum atomic E-state index is 14.6. The van der Waals surface area contributed by atoms with Crippen LogP contribution in [0.1, 0.15) is 48.1 Å². The summed E-state index contributed by atoms with van der Waals surface area (Å²) in [6, 6.07) is 27.0. The first-order valence-electron chi connectivity index (χ1n) is 12.7. The maximum Gasteiger partial charge on any atom is 0.185 e. The second-order valence-corrected chi connectivity index (χ2v) is 11.0. The molecule has 1 aliphatic carbocycles. The summed E-state index contributed by atoms with van der Waals surface area (Å²) in [5.74, 6) is -1.60. The number of carbonyl (C=O) groups is 3. The molecule has 0 amide bonds. The molecule has 3 atom stereocenters. The fourth-order valence-electron chi connectivity index (χ4n) is 6.79. The van der Waals surface area contributed by atoms with Gasteiger partial charge in [-0.1, -0.05) is 108 Å². The molecule has 1 saturated heterocycles. The van der Waals surface area contributed by atoms with E-state index in [1.54, 1.807) is 54.6 Å². The Bertz CT molecular complexity index is 1690. The first-order chi connectivity index (χ1) is 18.9. The van der Waals surface area contributed by atoms with Crippen LogP contribution in [0.2, 0.25) is 10.0 Å². The molecule has 7 rings (SSSR count). The Hall–Kier alpha value is -3.99. The van der Waals surface area contributed by atoms with Gasteiger partial charge < -0.3 is 4.90 Å². The van der Waals surface area contributed by atoms with E-state index in [9.17, 15) is 14.4 Å². The molecule has 190 valence electrons. The third-order valence-electron chi connectivity index (χ3n) is 8.33. The highest BCUT2D eigenvalue weighted by molar-refractivity contribution is 6.34. The fraction of sp³-hybridized carbons (Fsp3) is 0.121. The Morgan fingerprint density at radius 1 is 0.769 bits per heavy atom. The molecular formula is C33H21Cl2NO3. The van der Waals surface area contributed by atoms with E-state index in [0.717, 1.165) is 11.3 Å². The van der Waals surface area contributed by atoms with Gasteiger partial charge >= 0.3 is 0 Å². The van der Waals surface area contributed by atoms with Crippen molar-refractivity contribution in [3.05, 3.63) is 141 Å². The topological polar surface area (TPSA) is 54.5 Å². The molecule has 1 fully saturated rings. The van der Waals surface area contributed by atoms with Gasteiger partial charge in [-0.25, -0.2) is 0 Å². The number of nitrogens with zero attached hydrogens (tertiary/aromatic N) is 1. The summed E-state index contributed by atoms with van der Waals surface area (Å²) in [7, 11) is 0. The van der Waals surface area contributed by atoms with E-state index in [4.69, 9.17) is 23.2 Å². The van der Waals surface area contributed by atoms with Crippen LogP contribution in [0.15, 0.2) is 103 Å². The van der Waals surface area contributed by atoms with Gasteiger partial charge in [0.15, 0.2) is 17.3 Å². The van der Waals surface area contributed by atoms with Crippen molar-refractivity contribution in [1.82, 2.24) is 0 Å². The van der Waals surface area contributed by atoms with Gasteiger partial charge in [0.25, 0.3) is 0 Å². The SMILES string of the molecule is O=C(c1ccccc1)[C@H]1[C@H](c2ccccc2Cl)C2(C(=O)c3ccccc3C2=O)[C@H]2C=Cc3cc(Cl)ccc3N12. The van der Waals surface area contributed by atoms with Gasteiger partial charge in [0.05, 0.1) is 6.04 Å². The number of hydrogen-bond donors (Lipinski definition) is 0. The van der Waals surface area contributed by atoms with Gasteiger partial charge in [-0.15, -0.1) is 0 Å². The van der Waals surface area contributed by atoms with Crippen LogP contribution in [-0.2, 0) is 0 Å². The molecule has 0 radical (unpaired) electrons. The van der Waals surface area contributed by atoms with Crippen molar-refractivity contribution in [2.75, 3.05) is 4.90 Å². The second kappa shape index (κ2) is 8.77. The number of benzene rings is 4. The van der Waals surface area contributed by atoms with Crippen molar-refractivity contribution in [1.29, 1.82) is 0 Å². The van der Waals surface area contributed by atoms with Gasteiger partial charge in [0.2, 0.25) is 0 Å². The van der Waals surface area contributed by atoms with E-state index in [1.807, 2.05) is 59.5 Å². The van der Waals surface area contributed by atoms with Crippen LogP contribution >= 0.6 is 23.2 Å². The normalized spacial score (nSPS) is 22.1. The third kappa shape index (κ3) is 3.22. The van der Waals surface area contributed by atoms with E-state index in [1.165, 1.54) is 0 Å². The highest BCUT2D eigenvalue weighted by Crippen LogP contribution is 2.61. The molecule has 1 spiro atoms. The quantitative estimate of drug-likeness (QED) is 0.198. The number of Topliss-reactive ketones (excluding diaryl/α,β-unsaturated/α-hetero) is 3. The molecule has 0 saturated carbocycles. The summed E-state index contributed by atoms with van der Waals surface area (Å²) in [5, 5.41) is 0.962. The van der Waals surface area contributed by atoms with Gasteiger partial charge in [-0.3, -0.25) is 14.4 Å². The van der Waals surface area contributed by atoms with Gasteiger partial charge in [0, 0.05) is 38.3 Å². The molecule has 39 heavy (non-hydrogen) atoms. The predicted molar refractivity (Wildman–Crippen MR) is 153 cm³/mol. The lowest BCUT2D eigenvalue weighted by Gasteiger charge is -2.37. The average molecular weight is 550 g/mol. The summed E-state index contributed by atoms with van der Waals surface area (Å²) < 4.78 is 0. The average Bonchev–Trinajstić information content (AvgIpc) is 3.39. The van der Waals surface area contributed by atoms with Crippen molar-refractivity contribution in [2.24, 2.45) is 5.41 Å². The van der Waals surface area contributed by atoms with E-state index in [-0.39, 0.29) is 17.3 Å². The lowest BCUT2D eigenvalue weighted by atomic mass is 9.64. The van der Waals surface area contributed by atoms with Crippen molar-refractivity contribution in [2.45, 2.75) is 18.0 Å². The molecule has 2 heterocycles. The van der Waals surface area contributed by atoms with Gasteiger partial charge in [-0.05, 0) is 35.4 Å². The van der Waals surface area contributed by atoms with Crippen molar-refractivity contribution in [3.8, 4) is 0 Å². The lowest BCUT2D eigenvalue weighted by Crippen LogP contribution is -2.48. The summed E-state index contributed by atoms with van der Waals surface area (Å²) in [5.41, 5.74) is 1.82. The Morgan fingerprint density at radius 3 is 2.10 bits per heavy atom. The molecule has 3 aliphatic rings. The molecule has 4 nitrogen and oxygen atoms in total. The first-order valence-corrected chi connectivity index (χ1v) is 13.5. The van der Waals surface area contributed by atoms with Crippen LogP contribution in [0, 0.1) is 5.41 Å². The van der Waals surface area contributed by atoms with Crippen LogP contribution in [0.5, 0.6) is 0 Å². The molecule has 0 bridgehead atoms. The van der Waals surface area contributed by atoms with Crippen LogP contribution in [0.3, 0.4) is 0 Å². The van der Waals surface area contributed by atoms with Gasteiger partial charge in [0.1, 0.15) is 11.5 Å². The van der Waals surface area contributed by atoms with Gasteiger partial charge in [-0.2, -0.15) is 0 Å². The molecule has 0 unspecified atom stereocenters. The van der Waals surface area contributed by atoms with Crippen molar-refractivity contribution >= 4 is 52.3 Å². The smallest absolute Gasteiger partial charge is 0.185 e. The third-order valence-corrected chi connectivity index (χ3v) is 8.91. The minimum Gasteiger partial charge on any atom is -0.352 e. The van der Waals surface area contributed by atoms with Crippen LogP contribution in [0.25, 0.3) is 6.08 Å². The minimum atomic E-state index is -1.59. The Morgan fingerprint density at radius 2 is 1.41 bits per heavy atom. The first kappa shape index (κ1) is 24.1. The van der Waals surface area contributed by atoms with Crippen molar-refractivity contribution in [3.63, 3.8) is 0 Å². The van der Waals surface area contributed by atoms with E-state index in [0.29, 0.717) is 32.3 Å². The largest absolute Gasteiger partial charge is 0.352 e. The molecule has 4 aromatic carbocycles. The van der Waals surface area contributed by atoms with Crippen LogP contribution < -0.4 is 4.90 Å². The summed E-state index contributed by atoms with van der Waals surface area (Å²) >= 11 is 13.2.